The first-order chi connectivity index (χ1) is 20.9. The molecule has 2 amide bonds. The van der Waals surface area contributed by atoms with Crippen molar-refractivity contribution in [3.8, 4) is 22.8 Å². The van der Waals surface area contributed by atoms with Crippen molar-refractivity contribution in [3.05, 3.63) is 89.2 Å². The van der Waals surface area contributed by atoms with Gasteiger partial charge in [0, 0.05) is 35.5 Å². The summed E-state index contributed by atoms with van der Waals surface area (Å²) in [5.41, 5.74) is 7.00. The molecule has 0 aliphatic carbocycles. The van der Waals surface area contributed by atoms with Crippen molar-refractivity contribution in [1.29, 1.82) is 0 Å². The normalized spacial score (nSPS) is 15.8. The van der Waals surface area contributed by atoms with E-state index in [0.717, 1.165) is 29.1 Å². The Morgan fingerprint density at radius 3 is 2.32 bits per heavy atom. The zero-order valence-corrected chi connectivity index (χ0v) is 25.8. The van der Waals surface area contributed by atoms with E-state index in [-0.39, 0.29) is 23.7 Å². The second-order valence-corrected chi connectivity index (χ2v) is 11.9. The molecule has 0 spiro atoms. The highest BCUT2D eigenvalue weighted by molar-refractivity contribution is 8.14. The summed E-state index contributed by atoms with van der Waals surface area (Å²) >= 11 is 1.58. The quantitative estimate of drug-likeness (QED) is 0.229. The average Bonchev–Trinajstić information content (AvgIpc) is 3.62. The third-order valence-corrected chi connectivity index (χ3v) is 8.46. The number of carbonyl (C=O) groups excluding carboxylic acids is 1. The molecule has 12 heteroatoms. The minimum absolute atomic E-state index is 0.00469. The first kappa shape index (κ1) is 31.1. The molecule has 0 bridgehead atoms. The maximum Gasteiger partial charge on any atom is 0.573 e. The maximum absolute atomic E-state index is 13.0. The molecule has 3 aromatic carbocycles. The van der Waals surface area contributed by atoms with Gasteiger partial charge in [-0.05, 0) is 68.7 Å². The van der Waals surface area contributed by atoms with Gasteiger partial charge in [0.2, 0.25) is 0 Å². The Morgan fingerprint density at radius 2 is 1.68 bits per heavy atom. The van der Waals surface area contributed by atoms with Gasteiger partial charge in [-0.15, -0.1) is 18.3 Å². The number of aryl methyl sites for hydroxylation is 3. The molecule has 2 heterocycles. The zero-order valence-electron chi connectivity index (χ0n) is 25.0. The van der Waals surface area contributed by atoms with E-state index in [1.165, 1.54) is 52.0 Å². The number of alkyl halides is 3. The summed E-state index contributed by atoms with van der Waals surface area (Å²) in [4.78, 5) is 23.9. The Bertz CT molecular complexity index is 1650. The standard InChI is InChI=1S/C32H33F3N6O2S/c1-19-16-20(2)28(21(3)17-19)40-14-15-44-31(40)38-30(42)37-23(5)22(4)24-6-8-25(9-7-24)29-36-18-41(39-29)26-10-12-27(13-11-26)43-32(33,34)35/h6-13,16-18,22-23H,14-15H2,1-5H3,(H,37,42). The number of rotatable bonds is 7. The second kappa shape index (κ2) is 12.7. The number of amides is 2. The zero-order chi connectivity index (χ0) is 31.6. The predicted molar refractivity (Wildman–Crippen MR) is 168 cm³/mol. The van der Waals surface area contributed by atoms with Crippen LogP contribution in [0, 0.1) is 20.8 Å². The van der Waals surface area contributed by atoms with Gasteiger partial charge in [0.05, 0.1) is 5.69 Å². The van der Waals surface area contributed by atoms with Crippen LogP contribution in [0.1, 0.15) is 42.0 Å². The molecule has 230 valence electrons. The van der Waals surface area contributed by atoms with Gasteiger partial charge in [0.15, 0.2) is 11.0 Å². The number of halogens is 3. The van der Waals surface area contributed by atoms with E-state index in [9.17, 15) is 18.0 Å². The first-order valence-electron chi connectivity index (χ1n) is 14.1. The van der Waals surface area contributed by atoms with Crippen molar-refractivity contribution in [3.63, 3.8) is 0 Å². The minimum atomic E-state index is -4.75. The molecule has 1 fully saturated rings. The highest BCUT2D eigenvalue weighted by Crippen LogP contribution is 2.32. The van der Waals surface area contributed by atoms with E-state index in [1.54, 1.807) is 11.8 Å². The number of thioether (sulfide) groups is 1. The molecule has 1 saturated heterocycles. The molecule has 4 aromatic rings. The lowest BCUT2D eigenvalue weighted by molar-refractivity contribution is -0.274. The fourth-order valence-electron chi connectivity index (χ4n) is 5.28. The lowest BCUT2D eigenvalue weighted by Gasteiger charge is -2.24. The van der Waals surface area contributed by atoms with Crippen molar-refractivity contribution >= 4 is 28.6 Å². The molecule has 1 aliphatic rings. The number of ether oxygens (including phenoxy) is 1. The lowest BCUT2D eigenvalue weighted by Crippen LogP contribution is -2.36. The van der Waals surface area contributed by atoms with Crippen LogP contribution in [0.25, 0.3) is 17.1 Å². The molecule has 2 unspecified atom stereocenters. The second-order valence-electron chi connectivity index (χ2n) is 10.8. The molecule has 1 aromatic heterocycles. The Labute approximate surface area is 258 Å². The number of hydrogen-bond donors (Lipinski definition) is 1. The highest BCUT2D eigenvalue weighted by atomic mass is 32.2. The fourth-order valence-corrected chi connectivity index (χ4v) is 6.23. The monoisotopic (exact) mass is 622 g/mol. The van der Waals surface area contributed by atoms with Gasteiger partial charge in [-0.25, -0.2) is 14.5 Å². The molecule has 0 radical (unpaired) electrons. The van der Waals surface area contributed by atoms with Crippen LogP contribution < -0.4 is 15.0 Å². The van der Waals surface area contributed by atoms with Crippen molar-refractivity contribution < 1.29 is 22.7 Å². The van der Waals surface area contributed by atoms with Gasteiger partial charge in [-0.3, -0.25) is 0 Å². The van der Waals surface area contributed by atoms with E-state index in [2.05, 4.69) is 62.9 Å². The number of anilines is 1. The average molecular weight is 623 g/mol. The molecule has 2 atom stereocenters. The van der Waals surface area contributed by atoms with Crippen LogP contribution in [-0.4, -0.2) is 50.7 Å². The van der Waals surface area contributed by atoms with Crippen molar-refractivity contribution in [2.24, 2.45) is 4.99 Å². The SMILES string of the molecule is Cc1cc(C)c(N2CCSC2=NC(=O)NC(C)C(C)c2ccc(-c3ncn(-c4ccc(OC(F)(F)F)cc4)n3)cc2)c(C)c1. The van der Waals surface area contributed by atoms with Gasteiger partial charge < -0.3 is 15.0 Å². The third-order valence-electron chi connectivity index (χ3n) is 7.50. The maximum atomic E-state index is 13.0. The number of urea groups is 1. The molecule has 1 N–H and O–H groups in total. The van der Waals surface area contributed by atoms with Crippen molar-refractivity contribution in [2.75, 3.05) is 17.2 Å². The summed E-state index contributed by atoms with van der Waals surface area (Å²) in [6.07, 6.45) is -3.25. The molecule has 8 nitrogen and oxygen atoms in total. The summed E-state index contributed by atoms with van der Waals surface area (Å²) in [6, 6.07) is 16.9. The van der Waals surface area contributed by atoms with Crippen LogP contribution in [0.4, 0.5) is 23.7 Å². The minimum Gasteiger partial charge on any atom is -0.406 e. The van der Waals surface area contributed by atoms with Crippen LogP contribution in [-0.2, 0) is 0 Å². The highest BCUT2D eigenvalue weighted by Gasteiger charge is 2.31. The molecular weight excluding hydrogens is 589 g/mol. The fraction of sp³-hybridized carbons (Fsp3) is 0.312. The number of aromatic nitrogens is 3. The number of carbonyl (C=O) groups is 1. The molecule has 44 heavy (non-hydrogen) atoms. The summed E-state index contributed by atoms with van der Waals surface area (Å²) in [5.74, 6) is 1.03. The van der Waals surface area contributed by atoms with Gasteiger partial charge in [-0.1, -0.05) is 60.6 Å². The van der Waals surface area contributed by atoms with Crippen LogP contribution in [0.5, 0.6) is 5.75 Å². The van der Waals surface area contributed by atoms with Gasteiger partial charge in [-0.2, -0.15) is 4.99 Å². The summed E-state index contributed by atoms with van der Waals surface area (Å²) < 4.78 is 42.7. The number of nitrogens with zero attached hydrogens (tertiary/aromatic N) is 5. The van der Waals surface area contributed by atoms with Crippen molar-refractivity contribution in [2.45, 2.75) is 52.9 Å². The van der Waals surface area contributed by atoms with E-state index >= 15 is 0 Å². The van der Waals surface area contributed by atoms with Gasteiger partial charge in [0.1, 0.15) is 12.1 Å². The first-order valence-corrected chi connectivity index (χ1v) is 15.1. The summed E-state index contributed by atoms with van der Waals surface area (Å²) in [6.45, 7) is 11.1. The van der Waals surface area contributed by atoms with Gasteiger partial charge in [0.25, 0.3) is 0 Å². The summed E-state index contributed by atoms with van der Waals surface area (Å²) in [5, 5.41) is 8.20. The Balaban J connectivity index is 1.21. The van der Waals surface area contributed by atoms with Crippen LogP contribution in [0.3, 0.4) is 0 Å². The van der Waals surface area contributed by atoms with E-state index in [0.29, 0.717) is 16.7 Å². The summed E-state index contributed by atoms with van der Waals surface area (Å²) in [7, 11) is 0. The van der Waals surface area contributed by atoms with E-state index in [1.807, 2.05) is 38.1 Å². The smallest absolute Gasteiger partial charge is 0.406 e. The molecule has 1 aliphatic heterocycles. The number of nitrogens with one attached hydrogen (secondary N) is 1. The Hall–Kier alpha value is -4.32. The predicted octanol–water partition coefficient (Wildman–Crippen LogP) is 7.57. The topological polar surface area (TPSA) is 84.6 Å². The van der Waals surface area contributed by atoms with E-state index in [4.69, 9.17) is 0 Å². The van der Waals surface area contributed by atoms with E-state index < -0.39 is 6.36 Å². The number of aliphatic imine (C=N–C) groups is 1. The Kier molecular flexibility index (Phi) is 9.00. The largest absolute Gasteiger partial charge is 0.573 e. The van der Waals surface area contributed by atoms with Crippen LogP contribution in [0.2, 0.25) is 0 Å². The number of hydrogen-bond acceptors (Lipinski definition) is 5. The lowest BCUT2D eigenvalue weighted by atomic mass is 9.93. The number of benzene rings is 3. The number of amidine groups is 1. The molecule has 5 rings (SSSR count). The van der Waals surface area contributed by atoms with Gasteiger partial charge >= 0.3 is 12.4 Å². The molecular formula is C32H33F3N6O2S. The van der Waals surface area contributed by atoms with Crippen LogP contribution in [0.15, 0.2) is 72.0 Å². The van der Waals surface area contributed by atoms with Crippen LogP contribution >= 0.6 is 11.8 Å². The molecule has 0 saturated carbocycles. The van der Waals surface area contributed by atoms with Crippen molar-refractivity contribution in [1.82, 2.24) is 20.1 Å². The third kappa shape index (κ3) is 7.24. The Morgan fingerprint density at radius 1 is 1.02 bits per heavy atom.